The van der Waals surface area contributed by atoms with Crippen molar-refractivity contribution in [3.05, 3.63) is 71.3 Å². The number of carbonyl (C=O) groups excluding carboxylic acids is 1. The molecule has 1 aliphatic rings. The number of hydrogen-bond acceptors (Lipinski definition) is 2. The van der Waals surface area contributed by atoms with Crippen LogP contribution in [0.15, 0.2) is 59.6 Å². The van der Waals surface area contributed by atoms with Crippen LogP contribution in [0.2, 0.25) is 0 Å². The van der Waals surface area contributed by atoms with Gasteiger partial charge in [0, 0.05) is 38.2 Å². The number of hydrogen-bond donors (Lipinski definition) is 2. The van der Waals surface area contributed by atoms with Gasteiger partial charge in [0.1, 0.15) is 0 Å². The van der Waals surface area contributed by atoms with Crippen LogP contribution in [0.3, 0.4) is 0 Å². The van der Waals surface area contributed by atoms with E-state index in [1.807, 2.05) is 18.2 Å². The molecule has 0 heterocycles. The third-order valence-electron chi connectivity index (χ3n) is 5.87. The standard InChI is InChI=1S/C25H34N4O.HI/c1-4-26-24(28-19-25(15-9-16-25)22-12-6-5-7-13-22)27-17-14-20-10-8-11-21(18-20)23(30)29(2)3;/h5-8,10-13,18H,4,9,14-17,19H2,1-3H3,(H2,26,27,28);1H. The van der Waals surface area contributed by atoms with Gasteiger partial charge in [-0.1, -0.05) is 48.9 Å². The molecular formula is C25H35IN4O. The molecule has 3 rings (SSSR count). The van der Waals surface area contributed by atoms with Crippen molar-refractivity contribution in [3.8, 4) is 0 Å². The molecule has 2 aromatic rings. The zero-order valence-corrected chi connectivity index (χ0v) is 21.2. The van der Waals surface area contributed by atoms with Gasteiger partial charge in [-0.2, -0.15) is 0 Å². The fourth-order valence-corrected chi connectivity index (χ4v) is 3.95. The van der Waals surface area contributed by atoms with E-state index in [-0.39, 0.29) is 35.3 Å². The van der Waals surface area contributed by atoms with Crippen molar-refractivity contribution in [3.63, 3.8) is 0 Å². The van der Waals surface area contributed by atoms with Crippen molar-refractivity contribution in [1.82, 2.24) is 15.5 Å². The molecule has 1 saturated carbocycles. The predicted molar refractivity (Wildman–Crippen MR) is 140 cm³/mol. The van der Waals surface area contributed by atoms with Gasteiger partial charge < -0.3 is 15.5 Å². The van der Waals surface area contributed by atoms with E-state index < -0.39 is 0 Å². The van der Waals surface area contributed by atoms with Gasteiger partial charge in [0.05, 0.1) is 6.54 Å². The topological polar surface area (TPSA) is 56.7 Å². The third kappa shape index (κ3) is 6.69. The highest BCUT2D eigenvalue weighted by Crippen LogP contribution is 2.43. The van der Waals surface area contributed by atoms with Gasteiger partial charge in [-0.05, 0) is 49.4 Å². The SMILES string of the molecule is CCNC(=NCC1(c2ccccc2)CCC1)NCCc1cccc(C(=O)N(C)C)c1.I. The largest absolute Gasteiger partial charge is 0.357 e. The maximum Gasteiger partial charge on any atom is 0.253 e. The van der Waals surface area contributed by atoms with E-state index in [1.54, 1.807) is 19.0 Å². The van der Waals surface area contributed by atoms with Gasteiger partial charge in [-0.3, -0.25) is 9.79 Å². The summed E-state index contributed by atoms with van der Waals surface area (Å²) in [5.74, 6) is 0.895. The first-order chi connectivity index (χ1) is 14.5. The zero-order valence-electron chi connectivity index (χ0n) is 18.9. The monoisotopic (exact) mass is 534 g/mol. The molecule has 1 amide bonds. The van der Waals surface area contributed by atoms with E-state index in [1.165, 1.54) is 24.8 Å². The van der Waals surface area contributed by atoms with E-state index in [0.29, 0.717) is 0 Å². The Hall–Kier alpha value is -2.09. The van der Waals surface area contributed by atoms with Crippen molar-refractivity contribution in [2.45, 2.75) is 38.0 Å². The summed E-state index contributed by atoms with van der Waals surface area (Å²) in [6, 6.07) is 18.6. The molecule has 0 aliphatic heterocycles. The maximum absolute atomic E-state index is 12.2. The average Bonchev–Trinajstić information content (AvgIpc) is 2.73. The fourth-order valence-electron chi connectivity index (χ4n) is 3.95. The van der Waals surface area contributed by atoms with Crippen LogP contribution >= 0.6 is 24.0 Å². The molecular weight excluding hydrogens is 499 g/mol. The van der Waals surface area contributed by atoms with E-state index >= 15 is 0 Å². The summed E-state index contributed by atoms with van der Waals surface area (Å²) in [6.45, 7) is 4.49. The Morgan fingerprint density at radius 1 is 1.06 bits per heavy atom. The number of amides is 1. The minimum absolute atomic E-state index is 0. The van der Waals surface area contributed by atoms with Crippen LogP contribution in [0.25, 0.3) is 0 Å². The van der Waals surface area contributed by atoms with Crippen LogP contribution in [0.4, 0.5) is 0 Å². The number of benzene rings is 2. The summed E-state index contributed by atoms with van der Waals surface area (Å²) in [7, 11) is 3.56. The second-order valence-electron chi connectivity index (χ2n) is 8.27. The second kappa shape index (κ2) is 12.1. The van der Waals surface area contributed by atoms with Crippen molar-refractivity contribution < 1.29 is 4.79 Å². The Kier molecular flexibility index (Phi) is 9.81. The van der Waals surface area contributed by atoms with Gasteiger partial charge in [-0.25, -0.2) is 0 Å². The van der Waals surface area contributed by atoms with Gasteiger partial charge in [0.25, 0.3) is 5.91 Å². The molecule has 0 radical (unpaired) electrons. The van der Waals surface area contributed by atoms with Crippen LogP contribution < -0.4 is 10.6 Å². The Morgan fingerprint density at radius 3 is 2.42 bits per heavy atom. The highest BCUT2D eigenvalue weighted by molar-refractivity contribution is 14.0. The normalized spacial score (nSPS) is 14.7. The quantitative estimate of drug-likeness (QED) is 0.303. The number of guanidine groups is 1. The highest BCUT2D eigenvalue weighted by Gasteiger charge is 2.38. The molecule has 0 spiro atoms. The number of nitrogens with one attached hydrogen (secondary N) is 2. The lowest BCUT2D eigenvalue weighted by atomic mass is 9.64. The number of nitrogens with zero attached hydrogens (tertiary/aromatic N) is 2. The van der Waals surface area contributed by atoms with Crippen molar-refractivity contribution in [2.24, 2.45) is 4.99 Å². The third-order valence-corrected chi connectivity index (χ3v) is 5.87. The highest BCUT2D eigenvalue weighted by atomic mass is 127. The summed E-state index contributed by atoms with van der Waals surface area (Å²) in [5, 5.41) is 6.82. The van der Waals surface area contributed by atoms with Crippen molar-refractivity contribution in [2.75, 3.05) is 33.7 Å². The number of rotatable bonds is 8. The van der Waals surface area contributed by atoms with Crippen LogP contribution in [0.1, 0.15) is 47.7 Å². The first-order valence-corrected chi connectivity index (χ1v) is 10.9. The zero-order chi connectivity index (χ0) is 21.4. The number of carbonyl (C=O) groups is 1. The molecule has 168 valence electrons. The summed E-state index contributed by atoms with van der Waals surface area (Å²) in [6.07, 6.45) is 4.51. The van der Waals surface area contributed by atoms with E-state index in [2.05, 4.69) is 54.0 Å². The first-order valence-electron chi connectivity index (χ1n) is 10.9. The van der Waals surface area contributed by atoms with E-state index in [4.69, 9.17) is 4.99 Å². The molecule has 0 unspecified atom stereocenters. The van der Waals surface area contributed by atoms with Crippen LogP contribution in [-0.2, 0) is 11.8 Å². The minimum atomic E-state index is 0. The second-order valence-corrected chi connectivity index (χ2v) is 8.27. The Labute approximate surface area is 203 Å². The van der Waals surface area contributed by atoms with Crippen LogP contribution in [0.5, 0.6) is 0 Å². The average molecular weight is 534 g/mol. The fraction of sp³-hybridized carbons (Fsp3) is 0.440. The molecule has 6 heteroatoms. The maximum atomic E-state index is 12.2. The van der Waals surface area contributed by atoms with E-state index in [0.717, 1.165) is 43.1 Å². The first kappa shape index (κ1) is 25.2. The van der Waals surface area contributed by atoms with Crippen LogP contribution in [-0.4, -0.2) is 50.5 Å². The smallest absolute Gasteiger partial charge is 0.253 e. The lowest BCUT2D eigenvalue weighted by Crippen LogP contribution is -2.42. The summed E-state index contributed by atoms with van der Waals surface area (Å²) >= 11 is 0. The molecule has 31 heavy (non-hydrogen) atoms. The summed E-state index contributed by atoms with van der Waals surface area (Å²) in [5.41, 5.74) is 3.46. The molecule has 0 aromatic heterocycles. The molecule has 0 bridgehead atoms. The molecule has 5 nitrogen and oxygen atoms in total. The van der Waals surface area contributed by atoms with Crippen molar-refractivity contribution in [1.29, 1.82) is 0 Å². The summed E-state index contributed by atoms with van der Waals surface area (Å²) in [4.78, 5) is 18.7. The van der Waals surface area contributed by atoms with Crippen LogP contribution in [0, 0.1) is 0 Å². The Bertz CT molecular complexity index is 863. The van der Waals surface area contributed by atoms with Crippen molar-refractivity contribution >= 4 is 35.8 Å². The Morgan fingerprint density at radius 2 is 1.81 bits per heavy atom. The Balaban J connectivity index is 0.00000341. The predicted octanol–water partition coefficient (Wildman–Crippen LogP) is 4.23. The molecule has 1 fully saturated rings. The molecule has 2 N–H and O–H groups in total. The number of halogens is 1. The van der Waals surface area contributed by atoms with E-state index in [9.17, 15) is 4.79 Å². The molecule has 0 atom stereocenters. The van der Waals surface area contributed by atoms with Gasteiger partial charge in [0.15, 0.2) is 5.96 Å². The van der Waals surface area contributed by atoms with Gasteiger partial charge in [0.2, 0.25) is 0 Å². The molecule has 0 saturated heterocycles. The molecule has 1 aliphatic carbocycles. The lowest BCUT2D eigenvalue weighted by molar-refractivity contribution is 0.0827. The van der Waals surface area contributed by atoms with Gasteiger partial charge >= 0.3 is 0 Å². The van der Waals surface area contributed by atoms with Gasteiger partial charge in [-0.15, -0.1) is 24.0 Å². The number of aliphatic imine (C=N–C) groups is 1. The summed E-state index contributed by atoms with van der Waals surface area (Å²) < 4.78 is 0. The lowest BCUT2D eigenvalue weighted by Gasteiger charge is -2.41. The molecule has 2 aromatic carbocycles. The minimum Gasteiger partial charge on any atom is -0.357 e.